The second-order valence-corrected chi connectivity index (χ2v) is 4.31. The van der Waals surface area contributed by atoms with Crippen LogP contribution in [-0.2, 0) is 12.4 Å². The van der Waals surface area contributed by atoms with E-state index in [1.165, 1.54) is 0 Å². The van der Waals surface area contributed by atoms with Crippen LogP contribution in [0, 0.1) is 5.82 Å². The maximum atomic E-state index is 13.6. The van der Waals surface area contributed by atoms with Gasteiger partial charge < -0.3 is 10.8 Å². The lowest BCUT2D eigenvalue weighted by Gasteiger charge is -2.26. The van der Waals surface area contributed by atoms with Gasteiger partial charge in [-0.15, -0.1) is 12.4 Å². The second-order valence-electron chi connectivity index (χ2n) is 4.31. The second kappa shape index (κ2) is 6.73. The Morgan fingerprint density at radius 3 is 1.78 bits per heavy atom. The molecule has 0 bridgehead atoms. The Bertz CT molecular complexity index is 556. The molecule has 0 fully saturated rings. The van der Waals surface area contributed by atoms with Crippen LogP contribution in [0.4, 0.5) is 39.5 Å². The van der Waals surface area contributed by atoms with E-state index in [1.54, 1.807) is 0 Å². The third-order valence-corrected chi connectivity index (χ3v) is 2.74. The average Bonchev–Trinajstić information content (AvgIpc) is 2.34. The molecule has 0 unspecified atom stereocenters. The quantitative estimate of drug-likeness (QED) is 0.785. The van der Waals surface area contributed by atoms with Gasteiger partial charge in [-0.3, -0.25) is 0 Å². The van der Waals surface area contributed by atoms with Crippen LogP contribution in [0.1, 0.15) is 22.7 Å². The van der Waals surface area contributed by atoms with Crippen molar-refractivity contribution in [2.75, 3.05) is 6.61 Å². The van der Waals surface area contributed by atoms with Crippen molar-refractivity contribution < 1.29 is 44.6 Å². The number of hydrogen-bond donors (Lipinski definition) is 2. The van der Waals surface area contributed by atoms with Crippen LogP contribution < -0.4 is 5.73 Å². The minimum Gasteiger partial charge on any atom is -0.390 e. The predicted octanol–water partition coefficient (Wildman–Crippen LogP) is 3.91. The fourth-order valence-corrected chi connectivity index (χ4v) is 1.64. The van der Waals surface area contributed by atoms with E-state index in [-0.39, 0.29) is 18.5 Å². The molecule has 134 valence electrons. The van der Waals surface area contributed by atoms with Crippen LogP contribution in [0.25, 0.3) is 0 Å². The molecule has 1 aromatic carbocycles. The summed E-state index contributed by atoms with van der Waals surface area (Å²) in [6.07, 6.45) is -10.9. The van der Waals surface area contributed by atoms with Gasteiger partial charge in [0, 0.05) is 5.56 Å². The number of halogens is 10. The average molecular weight is 378 g/mol. The summed E-state index contributed by atoms with van der Waals surface area (Å²) >= 11 is 0. The van der Waals surface area contributed by atoms with Gasteiger partial charge in [0.25, 0.3) is 5.92 Å². The molecule has 0 spiro atoms. The minimum absolute atomic E-state index is 0. The van der Waals surface area contributed by atoms with Crippen molar-refractivity contribution >= 4 is 12.4 Å². The monoisotopic (exact) mass is 377 g/mol. The summed E-state index contributed by atoms with van der Waals surface area (Å²) in [4.78, 5) is 0. The molecule has 0 saturated carbocycles. The Kier molecular flexibility index (Phi) is 6.38. The summed E-state index contributed by atoms with van der Waals surface area (Å²) in [5.74, 6) is -6.55. The number of benzene rings is 1. The molecule has 3 N–H and O–H groups in total. The van der Waals surface area contributed by atoms with Gasteiger partial charge in [0.05, 0.1) is 11.1 Å². The van der Waals surface area contributed by atoms with Crippen molar-refractivity contribution in [3.05, 3.63) is 34.6 Å². The highest BCUT2D eigenvalue weighted by molar-refractivity contribution is 5.85. The molecule has 2 nitrogen and oxygen atoms in total. The number of nitrogens with two attached hydrogens (primary N) is 1. The number of aliphatic hydroxyl groups is 1. The molecule has 0 aliphatic carbocycles. The lowest BCUT2D eigenvalue weighted by molar-refractivity contribution is -0.145. The lowest BCUT2D eigenvalue weighted by Crippen LogP contribution is -2.38. The Morgan fingerprint density at radius 2 is 1.43 bits per heavy atom. The van der Waals surface area contributed by atoms with E-state index >= 15 is 0 Å². The maximum absolute atomic E-state index is 13.6. The maximum Gasteiger partial charge on any atom is 0.416 e. The zero-order chi connectivity index (χ0) is 17.5. The van der Waals surface area contributed by atoms with E-state index in [4.69, 9.17) is 10.8 Å². The van der Waals surface area contributed by atoms with E-state index in [0.717, 1.165) is 0 Å². The van der Waals surface area contributed by atoms with Crippen LogP contribution in [0.2, 0.25) is 0 Å². The smallest absolute Gasteiger partial charge is 0.390 e. The summed E-state index contributed by atoms with van der Waals surface area (Å²) < 4.78 is 115. The van der Waals surface area contributed by atoms with Crippen molar-refractivity contribution in [3.63, 3.8) is 0 Å². The van der Waals surface area contributed by atoms with Gasteiger partial charge in [0.2, 0.25) is 0 Å². The molecular formula is C11H9ClF9NO. The van der Waals surface area contributed by atoms with E-state index in [2.05, 4.69) is 0 Å². The van der Waals surface area contributed by atoms with E-state index in [9.17, 15) is 39.5 Å². The first kappa shape index (κ1) is 21.8. The standard InChI is InChI=1S/C11H8F9NO.ClH/c12-6-2-4(10(15,16)17)1-5(11(18,19)20)7(6)8(21)9(13,14)3-22;/h1-2,8,22H,3,21H2;1H/t8-;/m1./s1. The van der Waals surface area contributed by atoms with Gasteiger partial charge in [-0.05, 0) is 12.1 Å². The van der Waals surface area contributed by atoms with Gasteiger partial charge in [0.1, 0.15) is 18.5 Å². The zero-order valence-electron chi connectivity index (χ0n) is 10.8. The summed E-state index contributed by atoms with van der Waals surface area (Å²) in [5.41, 5.74) is -1.31. The molecule has 1 rings (SSSR count). The van der Waals surface area contributed by atoms with Crippen LogP contribution in [0.3, 0.4) is 0 Å². The predicted molar refractivity (Wildman–Crippen MR) is 62.6 cm³/mol. The lowest BCUT2D eigenvalue weighted by atomic mass is 9.93. The van der Waals surface area contributed by atoms with Gasteiger partial charge >= 0.3 is 12.4 Å². The van der Waals surface area contributed by atoms with Crippen LogP contribution in [-0.4, -0.2) is 17.6 Å². The first-order valence-electron chi connectivity index (χ1n) is 5.44. The van der Waals surface area contributed by atoms with E-state index < -0.39 is 59.5 Å². The van der Waals surface area contributed by atoms with Gasteiger partial charge in [-0.25, -0.2) is 13.2 Å². The fourth-order valence-electron chi connectivity index (χ4n) is 1.64. The van der Waals surface area contributed by atoms with Crippen LogP contribution in [0.15, 0.2) is 12.1 Å². The molecule has 23 heavy (non-hydrogen) atoms. The van der Waals surface area contributed by atoms with Crippen molar-refractivity contribution in [2.24, 2.45) is 5.73 Å². The van der Waals surface area contributed by atoms with Crippen molar-refractivity contribution in [3.8, 4) is 0 Å². The van der Waals surface area contributed by atoms with Crippen LogP contribution in [0.5, 0.6) is 0 Å². The third-order valence-electron chi connectivity index (χ3n) is 2.74. The van der Waals surface area contributed by atoms with E-state index in [0.29, 0.717) is 0 Å². The van der Waals surface area contributed by atoms with E-state index in [1.807, 2.05) is 0 Å². The fraction of sp³-hybridized carbons (Fsp3) is 0.455. The molecule has 0 aliphatic rings. The van der Waals surface area contributed by atoms with Gasteiger partial charge in [-0.1, -0.05) is 0 Å². The number of rotatable bonds is 3. The molecule has 0 saturated heterocycles. The molecular weight excluding hydrogens is 369 g/mol. The minimum atomic E-state index is -5.55. The third kappa shape index (κ3) is 4.64. The molecule has 12 heteroatoms. The molecule has 0 aliphatic heterocycles. The summed E-state index contributed by atoms with van der Waals surface area (Å²) in [7, 11) is 0. The Morgan fingerprint density at radius 1 is 0.957 bits per heavy atom. The highest BCUT2D eigenvalue weighted by atomic mass is 35.5. The Labute approximate surface area is 129 Å². The summed E-state index contributed by atoms with van der Waals surface area (Å²) in [5, 5.41) is 8.38. The molecule has 0 heterocycles. The normalized spacial score (nSPS) is 14.4. The highest BCUT2D eigenvalue weighted by Gasteiger charge is 2.46. The molecule has 0 aromatic heterocycles. The number of aliphatic hydroxyl groups excluding tert-OH is 1. The number of hydrogen-bond acceptors (Lipinski definition) is 2. The SMILES string of the molecule is Cl.N[C@H](c1c(F)cc(C(F)(F)F)cc1C(F)(F)F)C(F)(F)CO. The largest absolute Gasteiger partial charge is 0.416 e. The summed E-state index contributed by atoms with van der Waals surface area (Å²) in [6.45, 7) is -2.01. The topological polar surface area (TPSA) is 46.2 Å². The van der Waals surface area contributed by atoms with Gasteiger partial charge in [-0.2, -0.15) is 26.3 Å². The van der Waals surface area contributed by atoms with Crippen molar-refractivity contribution in [1.82, 2.24) is 0 Å². The Hall–Kier alpha value is -1.20. The molecule has 0 radical (unpaired) electrons. The summed E-state index contributed by atoms with van der Waals surface area (Å²) in [6, 6.07) is -3.85. The molecule has 1 aromatic rings. The van der Waals surface area contributed by atoms with Crippen LogP contribution >= 0.6 is 12.4 Å². The van der Waals surface area contributed by atoms with Gasteiger partial charge in [0.15, 0.2) is 0 Å². The molecule has 1 atom stereocenters. The van der Waals surface area contributed by atoms with Crippen molar-refractivity contribution in [2.45, 2.75) is 24.3 Å². The van der Waals surface area contributed by atoms with Crippen molar-refractivity contribution in [1.29, 1.82) is 0 Å². The highest BCUT2D eigenvalue weighted by Crippen LogP contribution is 2.42. The number of alkyl halides is 8. The first-order chi connectivity index (χ1) is 9.71. The molecule has 0 amide bonds. The first-order valence-corrected chi connectivity index (χ1v) is 5.44. The zero-order valence-corrected chi connectivity index (χ0v) is 11.6. The Balaban J connectivity index is 0.00000484.